The fraction of sp³-hybridized carbons (Fsp3) is 0.812. The van der Waals surface area contributed by atoms with Crippen LogP contribution in [0.4, 0.5) is 0 Å². The Labute approximate surface area is 280 Å². The number of ether oxygens (including phenoxy) is 8. The van der Waals surface area contributed by atoms with E-state index in [2.05, 4.69) is 4.74 Å². The average molecular weight is 691 g/mol. The average Bonchev–Trinajstić information content (AvgIpc) is 3.98. The quantitative estimate of drug-likeness (QED) is 0.0897. The number of rotatable bonds is 22. The molecule has 0 bridgehead atoms. The molecule has 1 heterocycles. The van der Waals surface area contributed by atoms with E-state index in [0.717, 1.165) is 47.2 Å². The van der Waals surface area contributed by atoms with Crippen LogP contribution in [0.5, 0.6) is 0 Å². The van der Waals surface area contributed by atoms with Crippen LogP contribution >= 0.6 is 0 Å². The number of methoxy groups -OCH3 is 3. The summed E-state index contributed by atoms with van der Waals surface area (Å²) in [6.07, 6.45) is -2.83. The lowest BCUT2D eigenvalue weighted by molar-refractivity contribution is -0.180. The SMILES string of the molecule is COC(=O)CC(C(=O)OCC(O)COC1(C)CC1CCC1CO1)C(CC(=O)OC(C(=O)OC)C(C(=O)OC)C(C)C)C(=O)OCC(C)O. The van der Waals surface area contributed by atoms with Gasteiger partial charge in [-0.15, -0.1) is 0 Å². The molecule has 0 aromatic rings. The number of esters is 6. The molecule has 0 radical (unpaired) electrons. The molecule has 48 heavy (non-hydrogen) atoms. The highest BCUT2D eigenvalue weighted by Gasteiger charge is 2.51. The third kappa shape index (κ3) is 12.9. The van der Waals surface area contributed by atoms with Gasteiger partial charge in [-0.25, -0.2) is 4.79 Å². The largest absolute Gasteiger partial charge is 0.469 e. The third-order valence-corrected chi connectivity index (χ3v) is 8.39. The van der Waals surface area contributed by atoms with E-state index < -0.39 is 109 Å². The number of aliphatic hydroxyl groups excluding tert-OH is 2. The number of hydrogen-bond acceptors (Lipinski definition) is 16. The maximum Gasteiger partial charge on any atom is 0.348 e. The van der Waals surface area contributed by atoms with Gasteiger partial charge in [0.1, 0.15) is 25.2 Å². The van der Waals surface area contributed by atoms with E-state index in [1.807, 2.05) is 6.92 Å². The summed E-state index contributed by atoms with van der Waals surface area (Å²) in [6.45, 7) is 5.95. The summed E-state index contributed by atoms with van der Waals surface area (Å²) in [5, 5.41) is 20.1. The molecule has 0 amide bonds. The first kappa shape index (κ1) is 40.8. The molecule has 1 aliphatic carbocycles. The Morgan fingerprint density at radius 3 is 1.83 bits per heavy atom. The smallest absolute Gasteiger partial charge is 0.348 e. The molecule has 16 heteroatoms. The molecular weight excluding hydrogens is 640 g/mol. The van der Waals surface area contributed by atoms with Crippen LogP contribution in [0.25, 0.3) is 0 Å². The predicted octanol–water partition coefficient (Wildman–Crippen LogP) is 0.504. The van der Waals surface area contributed by atoms with Crippen LogP contribution in [0.1, 0.15) is 59.8 Å². The maximum atomic E-state index is 13.3. The Morgan fingerprint density at radius 1 is 0.771 bits per heavy atom. The number of aliphatic hydroxyl groups is 2. The van der Waals surface area contributed by atoms with Crippen LogP contribution in [-0.2, 0) is 66.7 Å². The minimum atomic E-state index is -1.78. The van der Waals surface area contributed by atoms with E-state index in [-0.39, 0.29) is 6.61 Å². The molecule has 16 nitrogen and oxygen atoms in total. The molecular formula is C32H50O16. The third-order valence-electron chi connectivity index (χ3n) is 8.39. The monoisotopic (exact) mass is 690 g/mol. The summed E-state index contributed by atoms with van der Waals surface area (Å²) >= 11 is 0. The predicted molar refractivity (Wildman–Crippen MR) is 162 cm³/mol. The standard InChI is InChI=1S/C32H50O16/c1-17(2)26(30(39)42-6)27(31(40)43-7)48-25(36)11-23(28(37)45-13-18(3)33)22(10-24(35)41-5)29(38)46-14-20(34)15-47-32(4)12-19(32)8-9-21-16-44-21/h17-23,26-27,33-34H,8-16H2,1-7H3. The van der Waals surface area contributed by atoms with Crippen LogP contribution in [0.3, 0.4) is 0 Å². The van der Waals surface area contributed by atoms with Crippen molar-refractivity contribution in [3.63, 3.8) is 0 Å². The number of carbonyl (C=O) groups excluding carboxylic acids is 6. The minimum absolute atomic E-state index is 0.153. The van der Waals surface area contributed by atoms with E-state index >= 15 is 0 Å². The molecule has 2 aliphatic rings. The van der Waals surface area contributed by atoms with Crippen LogP contribution in [0.15, 0.2) is 0 Å². The molecule has 0 aromatic heterocycles. The van der Waals surface area contributed by atoms with Gasteiger partial charge in [0.2, 0.25) is 6.10 Å². The summed E-state index contributed by atoms with van der Waals surface area (Å²) in [7, 11) is 3.15. The molecule has 2 rings (SSSR count). The van der Waals surface area contributed by atoms with Crippen LogP contribution in [-0.4, -0.2) is 124 Å². The van der Waals surface area contributed by atoms with Gasteiger partial charge in [-0.2, -0.15) is 0 Å². The maximum absolute atomic E-state index is 13.3. The summed E-state index contributed by atoms with van der Waals surface area (Å²) in [5.74, 6) is -11.4. The fourth-order valence-corrected chi connectivity index (χ4v) is 5.24. The van der Waals surface area contributed by atoms with Gasteiger partial charge in [0.15, 0.2) is 0 Å². The fourth-order valence-electron chi connectivity index (χ4n) is 5.24. The first-order chi connectivity index (χ1) is 22.6. The summed E-state index contributed by atoms with van der Waals surface area (Å²) in [5.41, 5.74) is -0.420. The first-order valence-corrected chi connectivity index (χ1v) is 15.9. The van der Waals surface area contributed by atoms with Crippen molar-refractivity contribution in [3.8, 4) is 0 Å². The lowest BCUT2D eigenvalue weighted by atomic mass is 9.86. The van der Waals surface area contributed by atoms with Crippen molar-refractivity contribution in [2.45, 2.75) is 89.8 Å². The van der Waals surface area contributed by atoms with Crippen LogP contribution < -0.4 is 0 Å². The number of carbonyl (C=O) groups is 6. The van der Waals surface area contributed by atoms with Crippen molar-refractivity contribution in [2.24, 2.45) is 29.6 Å². The van der Waals surface area contributed by atoms with E-state index in [1.165, 1.54) is 6.92 Å². The Kier molecular flexibility index (Phi) is 16.2. The molecule has 1 aliphatic heterocycles. The minimum Gasteiger partial charge on any atom is -0.469 e. The molecule has 274 valence electrons. The number of epoxide rings is 1. The lowest BCUT2D eigenvalue weighted by Gasteiger charge is -2.27. The Morgan fingerprint density at radius 2 is 1.33 bits per heavy atom. The van der Waals surface area contributed by atoms with Crippen LogP contribution in [0.2, 0.25) is 0 Å². The topological polar surface area (TPSA) is 220 Å². The second-order valence-electron chi connectivity index (χ2n) is 12.7. The van der Waals surface area contributed by atoms with E-state index in [1.54, 1.807) is 13.8 Å². The van der Waals surface area contributed by atoms with Gasteiger partial charge in [0.25, 0.3) is 0 Å². The highest BCUT2D eigenvalue weighted by Crippen LogP contribution is 2.50. The Bertz CT molecular complexity index is 1120. The molecule has 1 saturated carbocycles. The summed E-state index contributed by atoms with van der Waals surface area (Å²) in [6, 6.07) is 0. The van der Waals surface area contributed by atoms with Gasteiger partial charge < -0.3 is 48.1 Å². The molecule has 1 saturated heterocycles. The van der Waals surface area contributed by atoms with Crippen LogP contribution in [0, 0.1) is 29.6 Å². The van der Waals surface area contributed by atoms with E-state index in [0.29, 0.717) is 12.0 Å². The summed E-state index contributed by atoms with van der Waals surface area (Å²) < 4.78 is 40.9. The molecule has 2 N–H and O–H groups in total. The van der Waals surface area contributed by atoms with Crippen molar-refractivity contribution < 1.29 is 76.9 Å². The van der Waals surface area contributed by atoms with Gasteiger partial charge in [0, 0.05) is 0 Å². The molecule has 2 fully saturated rings. The van der Waals surface area contributed by atoms with Gasteiger partial charge in [0.05, 0.1) is 77.0 Å². The second-order valence-corrected chi connectivity index (χ2v) is 12.7. The highest BCUT2D eigenvalue weighted by atomic mass is 16.6. The zero-order valence-corrected chi connectivity index (χ0v) is 28.7. The first-order valence-electron chi connectivity index (χ1n) is 15.9. The van der Waals surface area contributed by atoms with Crippen molar-refractivity contribution >= 4 is 35.8 Å². The molecule has 0 aromatic carbocycles. The van der Waals surface area contributed by atoms with Crippen molar-refractivity contribution in [3.05, 3.63) is 0 Å². The van der Waals surface area contributed by atoms with Crippen molar-refractivity contribution in [1.29, 1.82) is 0 Å². The molecule has 9 unspecified atom stereocenters. The normalized spacial score (nSPS) is 23.4. The Hall–Kier alpha value is -3.34. The van der Waals surface area contributed by atoms with Crippen molar-refractivity contribution in [1.82, 2.24) is 0 Å². The second kappa shape index (κ2) is 19.0. The summed E-state index contributed by atoms with van der Waals surface area (Å²) in [4.78, 5) is 77.2. The van der Waals surface area contributed by atoms with Gasteiger partial charge in [-0.05, 0) is 44.9 Å². The van der Waals surface area contributed by atoms with Crippen molar-refractivity contribution in [2.75, 3.05) is 47.8 Å². The molecule has 9 atom stereocenters. The van der Waals surface area contributed by atoms with E-state index in [9.17, 15) is 39.0 Å². The number of hydrogen-bond donors (Lipinski definition) is 2. The molecule has 0 spiro atoms. The zero-order valence-electron chi connectivity index (χ0n) is 28.7. The van der Waals surface area contributed by atoms with Gasteiger partial charge in [-0.3, -0.25) is 24.0 Å². The highest BCUT2D eigenvalue weighted by molar-refractivity contribution is 5.90. The lowest BCUT2D eigenvalue weighted by Crippen LogP contribution is -2.44. The van der Waals surface area contributed by atoms with Gasteiger partial charge >= 0.3 is 35.8 Å². The van der Waals surface area contributed by atoms with Gasteiger partial charge in [-0.1, -0.05) is 13.8 Å². The Balaban J connectivity index is 2.19. The zero-order chi connectivity index (χ0) is 36.2. The van der Waals surface area contributed by atoms with E-state index in [4.69, 9.17) is 33.2 Å².